The van der Waals surface area contributed by atoms with Crippen LogP contribution in [0.5, 0.6) is 0 Å². The van der Waals surface area contributed by atoms with E-state index in [0.717, 1.165) is 5.56 Å². The molecule has 0 aromatic heterocycles. The highest BCUT2D eigenvalue weighted by molar-refractivity contribution is 5.88. The Morgan fingerprint density at radius 2 is 1.95 bits per heavy atom. The van der Waals surface area contributed by atoms with Gasteiger partial charge in [-0.05, 0) is 12.5 Å². The highest BCUT2D eigenvalue weighted by Crippen LogP contribution is 2.03. The van der Waals surface area contributed by atoms with E-state index in [1.165, 1.54) is 7.11 Å². The fourth-order valence-corrected chi connectivity index (χ4v) is 1.55. The van der Waals surface area contributed by atoms with Crippen LogP contribution < -0.4 is 5.48 Å². The summed E-state index contributed by atoms with van der Waals surface area (Å²) in [6.45, 7) is 1.84. The molecule has 1 aromatic carbocycles. The van der Waals surface area contributed by atoms with Crippen LogP contribution >= 0.6 is 0 Å². The molecule has 21 heavy (non-hydrogen) atoms. The van der Waals surface area contributed by atoms with Crippen molar-refractivity contribution in [1.82, 2.24) is 5.48 Å². The van der Waals surface area contributed by atoms with Gasteiger partial charge in [-0.3, -0.25) is 9.63 Å². The SMILES string of the molecule is CCOC(=O)[C@H](O)[C@@H](OC)C(=O)NOCc1ccccc1. The zero-order chi connectivity index (χ0) is 15.7. The van der Waals surface area contributed by atoms with Gasteiger partial charge >= 0.3 is 5.97 Å². The van der Waals surface area contributed by atoms with Gasteiger partial charge in [-0.1, -0.05) is 30.3 Å². The summed E-state index contributed by atoms with van der Waals surface area (Å²) < 4.78 is 9.42. The van der Waals surface area contributed by atoms with Crippen molar-refractivity contribution < 1.29 is 29.0 Å². The van der Waals surface area contributed by atoms with Crippen LogP contribution in [-0.2, 0) is 30.5 Å². The molecule has 0 fully saturated rings. The number of esters is 1. The molecule has 7 nitrogen and oxygen atoms in total. The average molecular weight is 297 g/mol. The second kappa shape index (κ2) is 9.06. The largest absolute Gasteiger partial charge is 0.464 e. The number of rotatable bonds is 8. The first kappa shape index (κ1) is 17.1. The molecule has 0 saturated heterocycles. The first-order valence-electron chi connectivity index (χ1n) is 6.43. The summed E-state index contributed by atoms with van der Waals surface area (Å²) in [6, 6.07) is 9.19. The van der Waals surface area contributed by atoms with Crippen LogP contribution in [0.2, 0.25) is 0 Å². The van der Waals surface area contributed by atoms with E-state index in [0.29, 0.717) is 0 Å². The van der Waals surface area contributed by atoms with E-state index >= 15 is 0 Å². The number of carbonyl (C=O) groups is 2. The van der Waals surface area contributed by atoms with Crippen molar-refractivity contribution in [2.75, 3.05) is 13.7 Å². The Labute approximate surface area is 122 Å². The Kier molecular flexibility index (Phi) is 7.38. The van der Waals surface area contributed by atoms with E-state index in [9.17, 15) is 14.7 Å². The van der Waals surface area contributed by atoms with Gasteiger partial charge in [0.1, 0.15) is 0 Å². The first-order chi connectivity index (χ1) is 10.1. The zero-order valence-electron chi connectivity index (χ0n) is 11.9. The van der Waals surface area contributed by atoms with Crippen molar-refractivity contribution in [2.45, 2.75) is 25.7 Å². The number of hydrogen-bond donors (Lipinski definition) is 2. The van der Waals surface area contributed by atoms with E-state index in [1.807, 2.05) is 30.3 Å². The second-order valence-electron chi connectivity index (χ2n) is 4.09. The van der Waals surface area contributed by atoms with Crippen molar-refractivity contribution in [2.24, 2.45) is 0 Å². The van der Waals surface area contributed by atoms with Crippen molar-refractivity contribution in [3.8, 4) is 0 Å². The van der Waals surface area contributed by atoms with Crippen LogP contribution in [-0.4, -0.2) is 42.9 Å². The number of benzene rings is 1. The number of amides is 1. The molecular weight excluding hydrogens is 278 g/mol. The number of ether oxygens (including phenoxy) is 2. The minimum Gasteiger partial charge on any atom is -0.464 e. The van der Waals surface area contributed by atoms with Gasteiger partial charge < -0.3 is 14.6 Å². The van der Waals surface area contributed by atoms with Crippen LogP contribution in [0.25, 0.3) is 0 Å². The monoisotopic (exact) mass is 297 g/mol. The molecule has 0 aliphatic rings. The van der Waals surface area contributed by atoms with Gasteiger partial charge in [-0.25, -0.2) is 10.3 Å². The second-order valence-corrected chi connectivity index (χ2v) is 4.09. The molecule has 0 aliphatic heterocycles. The van der Waals surface area contributed by atoms with E-state index < -0.39 is 24.1 Å². The topological polar surface area (TPSA) is 94.1 Å². The number of hydrogen-bond acceptors (Lipinski definition) is 6. The summed E-state index contributed by atoms with van der Waals surface area (Å²) in [6.07, 6.45) is -3.12. The summed E-state index contributed by atoms with van der Waals surface area (Å²) in [4.78, 5) is 28.2. The molecule has 0 aliphatic carbocycles. The molecule has 1 rings (SSSR count). The van der Waals surface area contributed by atoms with Crippen LogP contribution in [0.1, 0.15) is 12.5 Å². The fourth-order valence-electron chi connectivity index (χ4n) is 1.55. The maximum Gasteiger partial charge on any atom is 0.338 e. The molecule has 0 spiro atoms. The van der Waals surface area contributed by atoms with Crippen molar-refractivity contribution in [3.63, 3.8) is 0 Å². The fraction of sp³-hybridized carbons (Fsp3) is 0.429. The first-order valence-corrected chi connectivity index (χ1v) is 6.43. The number of hydroxylamine groups is 1. The third-order valence-electron chi connectivity index (χ3n) is 2.58. The van der Waals surface area contributed by atoms with E-state index in [1.54, 1.807) is 6.92 Å². The molecule has 1 aromatic rings. The van der Waals surface area contributed by atoms with E-state index in [4.69, 9.17) is 9.57 Å². The van der Waals surface area contributed by atoms with E-state index in [2.05, 4.69) is 10.2 Å². The molecule has 7 heteroatoms. The lowest BCUT2D eigenvalue weighted by molar-refractivity contribution is -0.169. The van der Waals surface area contributed by atoms with E-state index in [-0.39, 0.29) is 13.2 Å². The molecule has 0 saturated carbocycles. The summed E-state index contributed by atoms with van der Waals surface area (Å²) in [5, 5.41) is 9.68. The molecule has 1 amide bonds. The lowest BCUT2D eigenvalue weighted by Gasteiger charge is -2.19. The summed E-state index contributed by atoms with van der Waals surface area (Å²) in [5.74, 6) is -1.70. The summed E-state index contributed by atoms with van der Waals surface area (Å²) >= 11 is 0. The van der Waals surface area contributed by atoms with Gasteiger partial charge in [0.2, 0.25) is 0 Å². The predicted octanol–water partition coefficient (Wildman–Crippen LogP) is 0.173. The van der Waals surface area contributed by atoms with Crippen LogP contribution in [0.15, 0.2) is 30.3 Å². The lowest BCUT2D eigenvalue weighted by Crippen LogP contribution is -2.47. The third kappa shape index (κ3) is 5.50. The molecular formula is C14H19NO6. The Bertz CT molecular complexity index is 450. The van der Waals surface area contributed by atoms with Gasteiger partial charge in [-0.15, -0.1) is 0 Å². The summed E-state index contributed by atoms with van der Waals surface area (Å²) in [7, 11) is 1.20. The quantitative estimate of drug-likeness (QED) is 0.525. The normalized spacial score (nSPS) is 13.3. The Balaban J connectivity index is 2.46. The van der Waals surface area contributed by atoms with Crippen molar-refractivity contribution in [1.29, 1.82) is 0 Å². The van der Waals surface area contributed by atoms with Gasteiger partial charge in [0.25, 0.3) is 5.91 Å². The van der Waals surface area contributed by atoms with Crippen LogP contribution in [0.3, 0.4) is 0 Å². The number of aliphatic hydroxyl groups excluding tert-OH is 1. The number of nitrogens with one attached hydrogen (secondary N) is 1. The Hall–Kier alpha value is -1.96. The van der Waals surface area contributed by atoms with Gasteiger partial charge in [0.15, 0.2) is 12.2 Å². The smallest absolute Gasteiger partial charge is 0.338 e. The van der Waals surface area contributed by atoms with Gasteiger partial charge in [-0.2, -0.15) is 0 Å². The molecule has 0 radical (unpaired) electrons. The molecule has 0 unspecified atom stereocenters. The minimum atomic E-state index is -1.71. The maximum atomic E-state index is 11.8. The third-order valence-corrected chi connectivity index (χ3v) is 2.58. The van der Waals surface area contributed by atoms with Crippen LogP contribution in [0, 0.1) is 0 Å². The Morgan fingerprint density at radius 3 is 2.52 bits per heavy atom. The number of carbonyl (C=O) groups excluding carboxylic acids is 2. The summed E-state index contributed by atoms with van der Waals surface area (Å²) in [5.41, 5.74) is 2.99. The Morgan fingerprint density at radius 1 is 1.29 bits per heavy atom. The van der Waals surface area contributed by atoms with Crippen molar-refractivity contribution >= 4 is 11.9 Å². The molecule has 0 heterocycles. The number of aliphatic hydroxyl groups is 1. The average Bonchev–Trinajstić information content (AvgIpc) is 2.49. The zero-order valence-corrected chi connectivity index (χ0v) is 11.9. The molecule has 116 valence electrons. The predicted molar refractivity (Wildman–Crippen MR) is 72.8 cm³/mol. The van der Waals surface area contributed by atoms with Gasteiger partial charge in [0.05, 0.1) is 13.2 Å². The molecule has 0 bridgehead atoms. The standard InChI is InChI=1S/C14H19NO6/c1-3-20-14(18)11(16)12(19-2)13(17)15-21-9-10-7-5-4-6-8-10/h4-8,11-12,16H,3,9H2,1-2H3,(H,15,17)/t11-,12-/m1/s1. The molecule has 2 N–H and O–H groups in total. The van der Waals surface area contributed by atoms with Gasteiger partial charge in [0, 0.05) is 7.11 Å². The van der Waals surface area contributed by atoms with Crippen molar-refractivity contribution in [3.05, 3.63) is 35.9 Å². The highest BCUT2D eigenvalue weighted by Gasteiger charge is 2.33. The lowest BCUT2D eigenvalue weighted by atomic mass is 10.2. The highest BCUT2D eigenvalue weighted by atomic mass is 16.7. The maximum absolute atomic E-state index is 11.8. The minimum absolute atomic E-state index is 0.0957. The van der Waals surface area contributed by atoms with Crippen LogP contribution in [0.4, 0.5) is 0 Å². The molecule has 2 atom stereocenters. The number of methoxy groups -OCH3 is 1.